The fourth-order valence-electron chi connectivity index (χ4n) is 4.45. The Bertz CT molecular complexity index is 644. The number of ether oxygens (including phenoxy) is 2. The van der Waals surface area contributed by atoms with Crippen molar-refractivity contribution in [2.75, 3.05) is 26.3 Å². The van der Waals surface area contributed by atoms with Crippen LogP contribution in [0.3, 0.4) is 0 Å². The Hall–Kier alpha value is -1.73. The van der Waals surface area contributed by atoms with E-state index in [2.05, 4.69) is 29.2 Å². The van der Waals surface area contributed by atoms with Crippen molar-refractivity contribution in [3.05, 3.63) is 48.0 Å². The SMILES string of the molecule is O=C(O)CCC/C=C/C[C@@H]1[C@@H](N2CCOCC2)[C@H](O)C[C@@H]1OCc1ccccc1. The number of aliphatic carboxylic acids is 1. The van der Waals surface area contributed by atoms with Crippen molar-refractivity contribution in [1.82, 2.24) is 4.90 Å². The molecule has 2 aliphatic rings. The molecular weight excluding hydrogens is 370 g/mol. The molecule has 2 fully saturated rings. The van der Waals surface area contributed by atoms with Crippen LogP contribution in [0.1, 0.15) is 37.7 Å². The van der Waals surface area contributed by atoms with E-state index in [-0.39, 0.29) is 24.5 Å². The summed E-state index contributed by atoms with van der Waals surface area (Å²) < 4.78 is 11.8. The van der Waals surface area contributed by atoms with Crippen LogP contribution in [0, 0.1) is 5.92 Å². The summed E-state index contributed by atoms with van der Waals surface area (Å²) in [5.74, 6) is -0.540. The third kappa shape index (κ3) is 6.64. The zero-order chi connectivity index (χ0) is 20.5. The Morgan fingerprint density at radius 2 is 1.97 bits per heavy atom. The number of carbonyl (C=O) groups is 1. The highest BCUT2D eigenvalue weighted by molar-refractivity contribution is 5.66. The van der Waals surface area contributed by atoms with E-state index >= 15 is 0 Å². The maximum Gasteiger partial charge on any atom is 0.303 e. The molecule has 2 N–H and O–H groups in total. The van der Waals surface area contributed by atoms with Crippen molar-refractivity contribution in [3.63, 3.8) is 0 Å². The Kier molecular flexibility index (Phi) is 8.68. The molecule has 1 saturated heterocycles. The predicted octanol–water partition coefficient (Wildman–Crippen LogP) is 2.85. The minimum absolute atomic E-state index is 0.00159. The quantitative estimate of drug-likeness (QED) is 0.462. The zero-order valence-corrected chi connectivity index (χ0v) is 17.0. The minimum atomic E-state index is -0.751. The smallest absolute Gasteiger partial charge is 0.303 e. The first kappa shape index (κ1) is 22.0. The van der Waals surface area contributed by atoms with Crippen molar-refractivity contribution in [2.24, 2.45) is 5.92 Å². The predicted molar refractivity (Wildman–Crippen MR) is 111 cm³/mol. The number of carboxylic acids is 1. The monoisotopic (exact) mass is 403 g/mol. The zero-order valence-electron chi connectivity index (χ0n) is 17.0. The number of morpholine rings is 1. The number of unbranched alkanes of at least 4 members (excludes halogenated alkanes) is 1. The van der Waals surface area contributed by atoms with Crippen LogP contribution in [-0.4, -0.2) is 65.6 Å². The van der Waals surface area contributed by atoms with Gasteiger partial charge in [0, 0.05) is 37.9 Å². The van der Waals surface area contributed by atoms with E-state index in [1.54, 1.807) is 0 Å². The molecule has 29 heavy (non-hydrogen) atoms. The Balaban J connectivity index is 1.61. The lowest BCUT2D eigenvalue weighted by Gasteiger charge is -2.37. The summed E-state index contributed by atoms with van der Waals surface area (Å²) in [4.78, 5) is 13.0. The molecule has 0 unspecified atom stereocenters. The molecule has 0 amide bonds. The first-order valence-corrected chi connectivity index (χ1v) is 10.7. The van der Waals surface area contributed by atoms with Gasteiger partial charge in [-0.15, -0.1) is 0 Å². The van der Waals surface area contributed by atoms with E-state index in [0.717, 1.165) is 31.5 Å². The fourth-order valence-corrected chi connectivity index (χ4v) is 4.45. The van der Waals surface area contributed by atoms with E-state index in [1.807, 2.05) is 18.2 Å². The van der Waals surface area contributed by atoms with Gasteiger partial charge in [0.2, 0.25) is 0 Å². The van der Waals surface area contributed by atoms with Gasteiger partial charge in [-0.3, -0.25) is 9.69 Å². The largest absolute Gasteiger partial charge is 0.481 e. The molecule has 1 aromatic carbocycles. The van der Waals surface area contributed by atoms with Gasteiger partial charge in [0.1, 0.15) is 0 Å². The molecule has 0 bridgehead atoms. The van der Waals surface area contributed by atoms with Gasteiger partial charge in [0.25, 0.3) is 0 Å². The van der Waals surface area contributed by atoms with Gasteiger partial charge in [-0.2, -0.15) is 0 Å². The molecule has 1 saturated carbocycles. The Morgan fingerprint density at radius 1 is 1.21 bits per heavy atom. The van der Waals surface area contributed by atoms with E-state index < -0.39 is 12.1 Å². The van der Waals surface area contributed by atoms with Crippen LogP contribution in [0.5, 0.6) is 0 Å². The molecule has 0 aromatic heterocycles. The summed E-state index contributed by atoms with van der Waals surface area (Å²) in [5.41, 5.74) is 1.14. The highest BCUT2D eigenvalue weighted by Gasteiger charge is 2.45. The van der Waals surface area contributed by atoms with Crippen molar-refractivity contribution < 1.29 is 24.5 Å². The van der Waals surface area contributed by atoms with Gasteiger partial charge in [-0.1, -0.05) is 42.5 Å². The number of nitrogens with zero attached hydrogens (tertiary/aromatic N) is 1. The summed E-state index contributed by atoms with van der Waals surface area (Å²) in [6, 6.07) is 10.2. The molecule has 0 radical (unpaired) electrons. The summed E-state index contributed by atoms with van der Waals surface area (Å²) >= 11 is 0. The van der Waals surface area contributed by atoms with Gasteiger partial charge in [0.05, 0.1) is 32.0 Å². The van der Waals surface area contributed by atoms with E-state index in [1.165, 1.54) is 0 Å². The molecule has 6 heteroatoms. The molecule has 3 rings (SSSR count). The topological polar surface area (TPSA) is 79.2 Å². The van der Waals surface area contributed by atoms with Crippen molar-refractivity contribution in [1.29, 1.82) is 0 Å². The van der Waals surface area contributed by atoms with E-state index in [0.29, 0.717) is 32.7 Å². The molecule has 0 spiro atoms. The van der Waals surface area contributed by atoms with Gasteiger partial charge >= 0.3 is 5.97 Å². The lowest BCUT2D eigenvalue weighted by Crippen LogP contribution is -2.50. The molecular formula is C23H33NO5. The average Bonchev–Trinajstić information content (AvgIpc) is 3.05. The van der Waals surface area contributed by atoms with Crippen LogP contribution in [0.2, 0.25) is 0 Å². The van der Waals surface area contributed by atoms with Crippen LogP contribution >= 0.6 is 0 Å². The van der Waals surface area contributed by atoms with Gasteiger partial charge in [0.15, 0.2) is 0 Å². The second-order valence-electron chi connectivity index (χ2n) is 7.93. The van der Waals surface area contributed by atoms with Crippen LogP contribution in [-0.2, 0) is 20.9 Å². The number of hydrogen-bond acceptors (Lipinski definition) is 5. The molecule has 1 heterocycles. The van der Waals surface area contributed by atoms with Crippen molar-refractivity contribution in [2.45, 2.75) is 57.0 Å². The summed E-state index contributed by atoms with van der Waals surface area (Å²) in [5, 5.41) is 19.6. The number of hydrogen-bond donors (Lipinski definition) is 2. The van der Waals surface area contributed by atoms with Gasteiger partial charge in [-0.05, 0) is 24.8 Å². The second-order valence-corrected chi connectivity index (χ2v) is 7.93. The average molecular weight is 404 g/mol. The minimum Gasteiger partial charge on any atom is -0.481 e. The fraction of sp³-hybridized carbons (Fsp3) is 0.609. The Morgan fingerprint density at radius 3 is 2.69 bits per heavy atom. The number of carboxylic acid groups (broad SMARTS) is 1. The maximum atomic E-state index is 10.8. The molecule has 6 nitrogen and oxygen atoms in total. The normalized spacial score (nSPS) is 28.2. The second kappa shape index (κ2) is 11.5. The Labute approximate surface area is 173 Å². The number of allylic oxidation sites excluding steroid dienone is 2. The number of aliphatic hydroxyl groups excluding tert-OH is 1. The summed E-state index contributed by atoms with van der Waals surface area (Å²) in [6.45, 7) is 3.64. The molecule has 4 atom stereocenters. The van der Waals surface area contributed by atoms with E-state index in [9.17, 15) is 9.90 Å². The molecule has 1 aliphatic heterocycles. The van der Waals surface area contributed by atoms with Gasteiger partial charge < -0.3 is 19.7 Å². The number of benzene rings is 1. The summed E-state index contributed by atoms with van der Waals surface area (Å²) in [6.07, 6.45) is 6.89. The summed E-state index contributed by atoms with van der Waals surface area (Å²) in [7, 11) is 0. The first-order chi connectivity index (χ1) is 14.1. The molecule has 160 valence electrons. The third-order valence-electron chi connectivity index (χ3n) is 5.89. The van der Waals surface area contributed by atoms with Crippen LogP contribution < -0.4 is 0 Å². The lowest BCUT2D eigenvalue weighted by molar-refractivity contribution is -0.137. The highest BCUT2D eigenvalue weighted by Crippen LogP contribution is 2.36. The number of rotatable bonds is 10. The van der Waals surface area contributed by atoms with Crippen molar-refractivity contribution in [3.8, 4) is 0 Å². The highest BCUT2D eigenvalue weighted by atomic mass is 16.5. The number of aliphatic hydroxyl groups is 1. The molecule has 1 aliphatic carbocycles. The van der Waals surface area contributed by atoms with Crippen molar-refractivity contribution >= 4 is 5.97 Å². The molecule has 1 aromatic rings. The maximum absolute atomic E-state index is 10.8. The van der Waals surface area contributed by atoms with Crippen LogP contribution in [0.15, 0.2) is 42.5 Å². The lowest BCUT2D eigenvalue weighted by atomic mass is 9.94. The standard InChI is InChI=1S/C23H33NO5/c25-20-16-21(29-17-18-8-4-3-5-9-18)19(10-6-1-2-7-11-22(26)27)23(20)24-12-14-28-15-13-24/h1,3-6,8-9,19-21,23,25H,2,7,10-17H2,(H,26,27)/b6-1+/t19-,20+,21-,23+/m0/s1. The van der Waals surface area contributed by atoms with Gasteiger partial charge in [-0.25, -0.2) is 0 Å². The van der Waals surface area contributed by atoms with Crippen LogP contribution in [0.4, 0.5) is 0 Å². The van der Waals surface area contributed by atoms with E-state index in [4.69, 9.17) is 14.6 Å². The van der Waals surface area contributed by atoms with Crippen LogP contribution in [0.25, 0.3) is 0 Å². The third-order valence-corrected chi connectivity index (χ3v) is 5.89. The first-order valence-electron chi connectivity index (χ1n) is 10.7.